The van der Waals surface area contributed by atoms with Crippen LogP contribution in [0.1, 0.15) is 26.2 Å². The summed E-state index contributed by atoms with van der Waals surface area (Å²) in [4.78, 5) is 15.8. The zero-order valence-corrected chi connectivity index (χ0v) is 10.1. The van der Waals surface area contributed by atoms with Crippen molar-refractivity contribution in [1.29, 1.82) is 0 Å². The number of hydrogen-bond donors (Lipinski definition) is 1. The lowest BCUT2D eigenvalue weighted by molar-refractivity contribution is -0.135. The Hall–Kier alpha value is -0.610. The molecule has 0 saturated carbocycles. The van der Waals surface area contributed by atoms with Crippen LogP contribution in [-0.2, 0) is 4.79 Å². The molecule has 1 heterocycles. The number of rotatable bonds is 3. The summed E-state index contributed by atoms with van der Waals surface area (Å²) in [6, 6.07) is 0.322. The molecule has 0 radical (unpaired) electrons. The zero-order chi connectivity index (χ0) is 11.4. The molecule has 2 N–H and O–H groups in total. The van der Waals surface area contributed by atoms with Gasteiger partial charge in [0.25, 0.3) is 0 Å². The lowest BCUT2D eigenvalue weighted by atomic mass is 9.97. The highest BCUT2D eigenvalue weighted by atomic mass is 16.2. The van der Waals surface area contributed by atoms with Gasteiger partial charge in [-0.1, -0.05) is 0 Å². The van der Waals surface area contributed by atoms with Gasteiger partial charge in [0.2, 0.25) is 5.91 Å². The molecular formula is C11H23N3O. The first-order chi connectivity index (χ1) is 7.02. The van der Waals surface area contributed by atoms with Gasteiger partial charge in [0.1, 0.15) is 0 Å². The molecule has 1 rings (SSSR count). The first-order valence-electron chi connectivity index (χ1n) is 5.72. The molecule has 1 saturated heterocycles. The normalized spacial score (nSPS) is 24.3. The Kier molecular flexibility index (Phi) is 4.54. The van der Waals surface area contributed by atoms with Crippen LogP contribution in [0.25, 0.3) is 0 Å². The van der Waals surface area contributed by atoms with E-state index in [2.05, 4.69) is 0 Å². The Morgan fingerprint density at radius 1 is 1.53 bits per heavy atom. The third-order valence-electron chi connectivity index (χ3n) is 2.93. The molecule has 1 amide bonds. The van der Waals surface area contributed by atoms with Crippen molar-refractivity contribution in [2.24, 2.45) is 5.73 Å². The molecule has 4 heteroatoms. The van der Waals surface area contributed by atoms with Crippen molar-refractivity contribution >= 4 is 5.91 Å². The van der Waals surface area contributed by atoms with Crippen LogP contribution in [0, 0.1) is 0 Å². The molecule has 0 bridgehead atoms. The van der Waals surface area contributed by atoms with E-state index in [1.165, 1.54) is 6.42 Å². The average molecular weight is 213 g/mol. The van der Waals surface area contributed by atoms with Crippen molar-refractivity contribution in [3.8, 4) is 0 Å². The number of likely N-dealkylation sites (tertiary alicyclic amines) is 1. The topological polar surface area (TPSA) is 49.6 Å². The van der Waals surface area contributed by atoms with Gasteiger partial charge in [-0.3, -0.25) is 4.79 Å². The van der Waals surface area contributed by atoms with Gasteiger partial charge < -0.3 is 15.5 Å². The fourth-order valence-corrected chi connectivity index (χ4v) is 2.18. The molecule has 2 atom stereocenters. The van der Waals surface area contributed by atoms with Gasteiger partial charge in [-0.15, -0.1) is 0 Å². The molecule has 1 fully saturated rings. The van der Waals surface area contributed by atoms with Crippen molar-refractivity contribution in [2.75, 3.05) is 27.2 Å². The van der Waals surface area contributed by atoms with E-state index in [9.17, 15) is 4.79 Å². The summed E-state index contributed by atoms with van der Waals surface area (Å²) in [5, 5.41) is 0. The predicted octanol–water partition coefficient (Wildman–Crippen LogP) is 0.276. The van der Waals surface area contributed by atoms with Crippen LogP contribution in [0.5, 0.6) is 0 Å². The monoisotopic (exact) mass is 213 g/mol. The summed E-state index contributed by atoms with van der Waals surface area (Å²) < 4.78 is 0. The SMILES string of the molecule is CC(N)C1CCCCN1C(=O)CN(C)C. The van der Waals surface area contributed by atoms with E-state index >= 15 is 0 Å². The highest BCUT2D eigenvalue weighted by Crippen LogP contribution is 2.19. The lowest BCUT2D eigenvalue weighted by Gasteiger charge is -2.38. The second kappa shape index (κ2) is 5.47. The third kappa shape index (κ3) is 3.47. The summed E-state index contributed by atoms with van der Waals surface area (Å²) >= 11 is 0. The van der Waals surface area contributed by atoms with Gasteiger partial charge in [-0.2, -0.15) is 0 Å². The van der Waals surface area contributed by atoms with Crippen molar-refractivity contribution in [3.05, 3.63) is 0 Å². The number of amides is 1. The van der Waals surface area contributed by atoms with E-state index in [-0.39, 0.29) is 18.0 Å². The van der Waals surface area contributed by atoms with Gasteiger partial charge in [0, 0.05) is 18.6 Å². The second-order valence-corrected chi connectivity index (χ2v) is 4.75. The molecule has 1 aliphatic rings. The first kappa shape index (κ1) is 12.5. The fraction of sp³-hybridized carbons (Fsp3) is 0.909. The molecule has 15 heavy (non-hydrogen) atoms. The number of piperidine rings is 1. The molecule has 2 unspecified atom stereocenters. The van der Waals surface area contributed by atoms with E-state index in [1.807, 2.05) is 30.8 Å². The Bertz CT molecular complexity index is 216. The summed E-state index contributed by atoms with van der Waals surface area (Å²) in [6.07, 6.45) is 3.36. The molecule has 0 aliphatic carbocycles. The van der Waals surface area contributed by atoms with Gasteiger partial charge in [-0.05, 0) is 40.3 Å². The van der Waals surface area contributed by atoms with Gasteiger partial charge >= 0.3 is 0 Å². The summed E-state index contributed by atoms with van der Waals surface area (Å²) in [6.45, 7) is 3.36. The summed E-state index contributed by atoms with van der Waals surface area (Å²) in [5.74, 6) is 0.210. The standard InChI is InChI=1S/C11H23N3O/c1-9(12)10-6-4-5-7-14(10)11(15)8-13(2)3/h9-10H,4-8,12H2,1-3H3. The predicted molar refractivity (Wildman–Crippen MR) is 61.6 cm³/mol. The molecule has 4 nitrogen and oxygen atoms in total. The zero-order valence-electron chi connectivity index (χ0n) is 10.1. The molecule has 0 spiro atoms. The minimum atomic E-state index is 0.0800. The third-order valence-corrected chi connectivity index (χ3v) is 2.93. The van der Waals surface area contributed by atoms with Crippen molar-refractivity contribution in [1.82, 2.24) is 9.80 Å². The largest absolute Gasteiger partial charge is 0.337 e. The van der Waals surface area contributed by atoms with Crippen LogP contribution in [0.2, 0.25) is 0 Å². The molecule has 0 aromatic rings. The smallest absolute Gasteiger partial charge is 0.237 e. The molecule has 1 aliphatic heterocycles. The maximum absolute atomic E-state index is 12.0. The lowest BCUT2D eigenvalue weighted by Crippen LogP contribution is -2.53. The van der Waals surface area contributed by atoms with E-state index < -0.39 is 0 Å². The minimum absolute atomic E-state index is 0.0800. The van der Waals surface area contributed by atoms with Crippen LogP contribution in [0.4, 0.5) is 0 Å². The Labute approximate surface area is 92.4 Å². The molecule has 0 aromatic carbocycles. The van der Waals surface area contributed by atoms with Crippen LogP contribution in [-0.4, -0.2) is 55.0 Å². The highest BCUT2D eigenvalue weighted by molar-refractivity contribution is 5.78. The Morgan fingerprint density at radius 3 is 2.73 bits per heavy atom. The highest BCUT2D eigenvalue weighted by Gasteiger charge is 2.28. The van der Waals surface area contributed by atoms with Crippen LogP contribution in [0.15, 0.2) is 0 Å². The quantitative estimate of drug-likeness (QED) is 0.732. The molecule has 88 valence electrons. The van der Waals surface area contributed by atoms with Crippen LogP contribution >= 0.6 is 0 Å². The number of nitrogens with zero attached hydrogens (tertiary/aromatic N) is 2. The number of likely N-dealkylation sites (N-methyl/N-ethyl adjacent to an activating group) is 1. The summed E-state index contributed by atoms with van der Waals surface area (Å²) in [5.41, 5.74) is 5.92. The van der Waals surface area contributed by atoms with E-state index in [0.29, 0.717) is 6.54 Å². The number of nitrogens with two attached hydrogens (primary N) is 1. The first-order valence-corrected chi connectivity index (χ1v) is 5.72. The number of hydrogen-bond acceptors (Lipinski definition) is 3. The van der Waals surface area contributed by atoms with Gasteiger partial charge in [-0.25, -0.2) is 0 Å². The van der Waals surface area contributed by atoms with Crippen molar-refractivity contribution < 1.29 is 4.79 Å². The fourth-order valence-electron chi connectivity index (χ4n) is 2.18. The van der Waals surface area contributed by atoms with Crippen LogP contribution < -0.4 is 5.73 Å². The minimum Gasteiger partial charge on any atom is -0.337 e. The van der Waals surface area contributed by atoms with Crippen molar-refractivity contribution in [2.45, 2.75) is 38.3 Å². The maximum Gasteiger partial charge on any atom is 0.237 e. The Balaban J connectivity index is 2.59. The number of carbonyl (C=O) groups is 1. The summed E-state index contributed by atoms with van der Waals surface area (Å²) in [7, 11) is 3.84. The van der Waals surface area contributed by atoms with Crippen LogP contribution in [0.3, 0.4) is 0 Å². The maximum atomic E-state index is 12.0. The average Bonchev–Trinajstić information content (AvgIpc) is 2.16. The van der Waals surface area contributed by atoms with E-state index in [1.54, 1.807) is 0 Å². The van der Waals surface area contributed by atoms with Crippen molar-refractivity contribution in [3.63, 3.8) is 0 Å². The van der Waals surface area contributed by atoms with E-state index in [4.69, 9.17) is 5.73 Å². The second-order valence-electron chi connectivity index (χ2n) is 4.75. The van der Waals surface area contributed by atoms with Gasteiger partial charge in [0.15, 0.2) is 0 Å². The van der Waals surface area contributed by atoms with Gasteiger partial charge in [0.05, 0.1) is 6.54 Å². The molecular weight excluding hydrogens is 190 g/mol. The Morgan fingerprint density at radius 2 is 2.20 bits per heavy atom. The number of carbonyl (C=O) groups excluding carboxylic acids is 1. The van der Waals surface area contributed by atoms with E-state index in [0.717, 1.165) is 19.4 Å². The molecule has 0 aromatic heterocycles.